The predicted octanol–water partition coefficient (Wildman–Crippen LogP) is 2.79. The molecule has 0 unspecified atom stereocenters. The second-order valence-electron chi connectivity index (χ2n) is 5.11. The van der Waals surface area contributed by atoms with Crippen molar-refractivity contribution in [3.8, 4) is 0 Å². The van der Waals surface area contributed by atoms with Crippen molar-refractivity contribution < 1.29 is 18.0 Å². The normalized spacial score (nSPS) is 11.3. The number of hydrogen-bond donors (Lipinski definition) is 3. The van der Waals surface area contributed by atoms with Crippen LogP contribution in [0.5, 0.6) is 0 Å². The predicted molar refractivity (Wildman–Crippen MR) is 80.2 cm³/mol. The summed E-state index contributed by atoms with van der Waals surface area (Å²) >= 11 is 0. The zero-order valence-electron chi connectivity index (χ0n) is 12.7. The fraction of sp³-hybridized carbons (Fsp3) is 0.333. The summed E-state index contributed by atoms with van der Waals surface area (Å²) in [6.07, 6.45) is -5.16. The lowest BCUT2D eigenvalue weighted by molar-refractivity contribution is -0.127. The Balaban J connectivity index is 2.03. The van der Waals surface area contributed by atoms with Gasteiger partial charge in [0.2, 0.25) is 0 Å². The Morgan fingerprint density at radius 2 is 1.83 bits per heavy atom. The van der Waals surface area contributed by atoms with Crippen LogP contribution >= 0.6 is 0 Å². The summed E-state index contributed by atoms with van der Waals surface area (Å²) in [4.78, 5) is 11.8. The number of H-pyrrole nitrogens is 1. The van der Waals surface area contributed by atoms with Crippen molar-refractivity contribution in [2.75, 3.05) is 12.4 Å². The highest BCUT2D eigenvalue weighted by Crippen LogP contribution is 2.22. The molecule has 2 rings (SSSR count). The fourth-order valence-electron chi connectivity index (χ4n) is 2.15. The molecule has 0 radical (unpaired) electrons. The number of carbonyl (C=O) groups excluding carboxylic acids is 1. The maximum atomic E-state index is 12.3. The zero-order valence-corrected chi connectivity index (χ0v) is 12.7. The van der Waals surface area contributed by atoms with Gasteiger partial charge in [0.1, 0.15) is 5.56 Å². The average Bonchev–Trinajstić information content (AvgIpc) is 2.85. The Morgan fingerprint density at radius 1 is 1.22 bits per heavy atom. The number of nitrogens with one attached hydrogen (secondary N) is 3. The van der Waals surface area contributed by atoms with E-state index in [4.69, 9.17) is 0 Å². The second-order valence-corrected chi connectivity index (χ2v) is 5.11. The topological polar surface area (TPSA) is 69.8 Å². The van der Waals surface area contributed by atoms with E-state index < -0.39 is 12.6 Å². The van der Waals surface area contributed by atoms with Gasteiger partial charge < -0.3 is 10.6 Å². The molecule has 5 nitrogen and oxygen atoms in total. The van der Waals surface area contributed by atoms with Gasteiger partial charge in [-0.15, -0.1) is 0 Å². The minimum atomic E-state index is -4.21. The van der Waals surface area contributed by atoms with Gasteiger partial charge >= 0.3 is 6.18 Å². The second kappa shape index (κ2) is 6.72. The molecule has 1 aromatic carbocycles. The maximum Gasteiger partial charge on any atom is 0.393 e. The number of nitrogens with zero attached hydrogens (tertiary/aromatic N) is 1. The molecule has 0 aliphatic rings. The van der Waals surface area contributed by atoms with Crippen molar-refractivity contribution in [2.45, 2.75) is 26.1 Å². The van der Waals surface area contributed by atoms with Crippen LogP contribution in [0.4, 0.5) is 19.0 Å². The van der Waals surface area contributed by atoms with Crippen molar-refractivity contribution in [1.82, 2.24) is 15.5 Å². The molecular weight excluding hydrogens is 309 g/mol. The molecule has 8 heteroatoms. The number of carbonyl (C=O) groups is 1. The van der Waals surface area contributed by atoms with Crippen LogP contribution in [0.15, 0.2) is 24.3 Å². The molecule has 1 amide bonds. The van der Waals surface area contributed by atoms with Crippen LogP contribution < -0.4 is 10.6 Å². The van der Waals surface area contributed by atoms with Crippen molar-refractivity contribution in [3.05, 3.63) is 46.6 Å². The van der Waals surface area contributed by atoms with E-state index in [2.05, 4.69) is 20.8 Å². The molecule has 3 N–H and O–H groups in total. The Kier molecular flexibility index (Phi) is 4.92. The van der Waals surface area contributed by atoms with Crippen LogP contribution in [-0.2, 0) is 13.0 Å². The van der Waals surface area contributed by atoms with Gasteiger partial charge in [0.25, 0.3) is 5.91 Å². The molecule has 124 valence electrons. The van der Waals surface area contributed by atoms with Gasteiger partial charge in [-0.25, -0.2) is 0 Å². The third-order valence-corrected chi connectivity index (χ3v) is 3.29. The standard InChI is InChI=1S/C15H17F3N4O/c1-9-12(14(23)19-2)13(22-21-9)20-8-11-5-3-10(4-6-11)7-15(16,17)18/h3-6H,7-8H2,1-2H3,(H,19,23)(H2,20,21,22). The van der Waals surface area contributed by atoms with Gasteiger partial charge in [0, 0.05) is 19.3 Å². The molecule has 0 spiro atoms. The SMILES string of the molecule is CNC(=O)c1c(NCc2ccc(CC(F)(F)F)cc2)n[nH]c1C. The van der Waals surface area contributed by atoms with Crippen molar-refractivity contribution in [3.63, 3.8) is 0 Å². The van der Waals surface area contributed by atoms with E-state index >= 15 is 0 Å². The van der Waals surface area contributed by atoms with Crippen LogP contribution in [0.1, 0.15) is 27.2 Å². The first-order chi connectivity index (χ1) is 10.8. The summed E-state index contributed by atoms with van der Waals surface area (Å²) in [5.41, 5.74) is 2.05. The highest BCUT2D eigenvalue weighted by molar-refractivity contribution is 5.99. The van der Waals surface area contributed by atoms with E-state index in [1.54, 1.807) is 19.1 Å². The molecule has 0 fully saturated rings. The number of anilines is 1. The lowest BCUT2D eigenvalue weighted by Gasteiger charge is -2.09. The summed E-state index contributed by atoms with van der Waals surface area (Å²) in [5.74, 6) is 0.139. The Labute approximate surface area is 131 Å². The quantitative estimate of drug-likeness (QED) is 0.791. The third kappa shape index (κ3) is 4.48. The van der Waals surface area contributed by atoms with E-state index in [0.717, 1.165) is 5.56 Å². The third-order valence-electron chi connectivity index (χ3n) is 3.29. The summed E-state index contributed by atoms with van der Waals surface area (Å²) < 4.78 is 36.9. The number of hydrogen-bond acceptors (Lipinski definition) is 3. The summed E-state index contributed by atoms with van der Waals surface area (Å²) in [7, 11) is 1.53. The highest BCUT2D eigenvalue weighted by Gasteiger charge is 2.27. The number of aryl methyl sites for hydroxylation is 1. The zero-order chi connectivity index (χ0) is 17.0. The number of halogens is 3. The molecule has 23 heavy (non-hydrogen) atoms. The van der Waals surface area contributed by atoms with Crippen LogP contribution in [0.2, 0.25) is 0 Å². The Hall–Kier alpha value is -2.51. The van der Waals surface area contributed by atoms with E-state index in [1.807, 2.05) is 0 Å². The van der Waals surface area contributed by atoms with E-state index in [1.165, 1.54) is 19.2 Å². The maximum absolute atomic E-state index is 12.3. The minimum absolute atomic E-state index is 0.211. The average molecular weight is 326 g/mol. The van der Waals surface area contributed by atoms with Crippen LogP contribution in [0, 0.1) is 6.92 Å². The molecule has 1 heterocycles. The summed E-state index contributed by atoms with van der Waals surface area (Å²) in [6.45, 7) is 2.08. The molecule has 0 aliphatic carbocycles. The van der Waals surface area contributed by atoms with Gasteiger partial charge in [0.15, 0.2) is 5.82 Å². The lowest BCUT2D eigenvalue weighted by Crippen LogP contribution is -2.19. The summed E-state index contributed by atoms with van der Waals surface area (Å²) in [6, 6.07) is 6.13. The van der Waals surface area contributed by atoms with Crippen molar-refractivity contribution in [1.29, 1.82) is 0 Å². The molecule has 2 aromatic rings. The van der Waals surface area contributed by atoms with E-state index in [9.17, 15) is 18.0 Å². The first kappa shape index (κ1) is 16.9. The van der Waals surface area contributed by atoms with E-state index in [-0.39, 0.29) is 11.5 Å². The molecular formula is C15H17F3N4O. The first-order valence-corrected chi connectivity index (χ1v) is 6.95. The largest absolute Gasteiger partial charge is 0.393 e. The number of aromatic amines is 1. The number of benzene rings is 1. The van der Waals surface area contributed by atoms with Gasteiger partial charge in [0.05, 0.1) is 6.42 Å². The van der Waals surface area contributed by atoms with Crippen LogP contribution in [-0.4, -0.2) is 29.3 Å². The molecule has 0 aliphatic heterocycles. The van der Waals surface area contributed by atoms with Crippen molar-refractivity contribution >= 4 is 11.7 Å². The lowest BCUT2D eigenvalue weighted by atomic mass is 10.1. The summed E-state index contributed by atoms with van der Waals surface area (Å²) in [5, 5.41) is 12.3. The van der Waals surface area contributed by atoms with Gasteiger partial charge in [-0.1, -0.05) is 24.3 Å². The number of rotatable bonds is 5. The highest BCUT2D eigenvalue weighted by atomic mass is 19.4. The Bertz CT molecular complexity index is 677. The van der Waals surface area contributed by atoms with Crippen LogP contribution in [0.3, 0.4) is 0 Å². The molecule has 0 saturated heterocycles. The monoisotopic (exact) mass is 326 g/mol. The van der Waals surface area contributed by atoms with Gasteiger partial charge in [-0.2, -0.15) is 18.3 Å². The number of amides is 1. The number of alkyl halides is 3. The fourth-order valence-corrected chi connectivity index (χ4v) is 2.15. The van der Waals surface area contributed by atoms with Gasteiger partial charge in [-0.3, -0.25) is 9.89 Å². The van der Waals surface area contributed by atoms with Crippen LogP contribution in [0.25, 0.3) is 0 Å². The Morgan fingerprint density at radius 3 is 2.39 bits per heavy atom. The van der Waals surface area contributed by atoms with Gasteiger partial charge in [-0.05, 0) is 18.1 Å². The van der Waals surface area contributed by atoms with Crippen molar-refractivity contribution in [2.24, 2.45) is 0 Å². The molecule has 0 saturated carbocycles. The smallest absolute Gasteiger partial charge is 0.364 e. The minimum Gasteiger partial charge on any atom is -0.364 e. The molecule has 0 atom stereocenters. The molecule has 1 aromatic heterocycles. The first-order valence-electron chi connectivity index (χ1n) is 6.95. The van der Waals surface area contributed by atoms with E-state index in [0.29, 0.717) is 23.6 Å². The molecule has 0 bridgehead atoms. The number of aromatic nitrogens is 2.